The van der Waals surface area contributed by atoms with Gasteiger partial charge in [-0.25, -0.2) is 0 Å². The molecule has 0 heterocycles. The summed E-state index contributed by atoms with van der Waals surface area (Å²) in [5, 5.41) is 0. The van der Waals surface area contributed by atoms with E-state index in [2.05, 4.69) is 6.92 Å². The van der Waals surface area contributed by atoms with Crippen LogP contribution in [0.2, 0.25) is 0 Å². The molecule has 0 N–H and O–H groups in total. The molecule has 0 aromatic rings. The quantitative estimate of drug-likeness (QED) is 0.481. The Kier molecular flexibility index (Phi) is 1.70. The maximum Gasteiger partial charge on any atom is 0.158 e. The van der Waals surface area contributed by atoms with E-state index in [0.29, 0.717) is 5.92 Å². The van der Waals surface area contributed by atoms with Gasteiger partial charge in [-0.1, -0.05) is 19.9 Å². The summed E-state index contributed by atoms with van der Waals surface area (Å²) < 4.78 is 0. The molecular formula is C8H12O. The fourth-order valence-electron chi connectivity index (χ4n) is 1.18. The largest absolute Gasteiger partial charge is 0.295 e. The lowest BCUT2D eigenvalue weighted by Crippen LogP contribution is -2.15. The average Bonchev–Trinajstić information content (AvgIpc) is 1.80. The lowest BCUT2D eigenvalue weighted by Gasteiger charge is -2.15. The van der Waals surface area contributed by atoms with Gasteiger partial charge < -0.3 is 0 Å². The summed E-state index contributed by atoms with van der Waals surface area (Å²) in [6.45, 7) is 4.13. The van der Waals surface area contributed by atoms with Crippen molar-refractivity contribution >= 4 is 5.78 Å². The first-order valence-corrected chi connectivity index (χ1v) is 3.42. The van der Waals surface area contributed by atoms with Gasteiger partial charge in [0.25, 0.3) is 0 Å². The molecule has 9 heavy (non-hydrogen) atoms. The van der Waals surface area contributed by atoms with Crippen molar-refractivity contribution in [2.75, 3.05) is 0 Å². The molecule has 50 valence electrons. The zero-order chi connectivity index (χ0) is 6.85. The summed E-state index contributed by atoms with van der Waals surface area (Å²) in [6.07, 6.45) is 4.72. The zero-order valence-electron chi connectivity index (χ0n) is 5.92. The molecule has 0 aliphatic heterocycles. The molecule has 0 saturated heterocycles. The van der Waals surface area contributed by atoms with E-state index in [1.165, 1.54) is 0 Å². The SMILES string of the molecule is C[C@@H]1C=CC(=O)[C@@H](C)C1. The Morgan fingerprint density at radius 2 is 2.22 bits per heavy atom. The van der Waals surface area contributed by atoms with E-state index < -0.39 is 0 Å². The van der Waals surface area contributed by atoms with Crippen molar-refractivity contribution in [2.45, 2.75) is 20.3 Å². The molecule has 1 rings (SSSR count). The Labute approximate surface area is 55.8 Å². The topological polar surface area (TPSA) is 17.1 Å². The highest BCUT2D eigenvalue weighted by molar-refractivity contribution is 5.92. The van der Waals surface area contributed by atoms with Crippen molar-refractivity contribution in [1.82, 2.24) is 0 Å². The van der Waals surface area contributed by atoms with Crippen LogP contribution in [0.1, 0.15) is 20.3 Å². The van der Waals surface area contributed by atoms with Gasteiger partial charge in [0.05, 0.1) is 0 Å². The van der Waals surface area contributed by atoms with Crippen LogP contribution in [0.5, 0.6) is 0 Å². The van der Waals surface area contributed by atoms with Gasteiger partial charge in [-0.2, -0.15) is 0 Å². The molecule has 0 saturated carbocycles. The van der Waals surface area contributed by atoms with Crippen molar-refractivity contribution in [1.29, 1.82) is 0 Å². The monoisotopic (exact) mass is 124 g/mol. The summed E-state index contributed by atoms with van der Waals surface area (Å²) in [5.74, 6) is 1.13. The third-order valence-electron chi connectivity index (χ3n) is 1.80. The molecule has 2 atom stereocenters. The second-order valence-electron chi connectivity index (χ2n) is 2.88. The minimum Gasteiger partial charge on any atom is -0.295 e. The minimum absolute atomic E-state index is 0.255. The molecule has 0 aromatic carbocycles. The van der Waals surface area contributed by atoms with Crippen LogP contribution in [0, 0.1) is 11.8 Å². The lowest BCUT2D eigenvalue weighted by molar-refractivity contribution is -0.118. The first-order chi connectivity index (χ1) is 4.20. The molecule has 0 bridgehead atoms. The first-order valence-electron chi connectivity index (χ1n) is 3.42. The Morgan fingerprint density at radius 3 is 2.67 bits per heavy atom. The highest BCUT2D eigenvalue weighted by Crippen LogP contribution is 2.18. The molecule has 0 radical (unpaired) electrons. The van der Waals surface area contributed by atoms with Gasteiger partial charge in [-0.15, -0.1) is 0 Å². The fraction of sp³-hybridized carbons (Fsp3) is 0.625. The van der Waals surface area contributed by atoms with Gasteiger partial charge >= 0.3 is 0 Å². The molecule has 0 spiro atoms. The van der Waals surface area contributed by atoms with Crippen LogP contribution in [0.15, 0.2) is 12.2 Å². The van der Waals surface area contributed by atoms with Crippen molar-refractivity contribution in [3.63, 3.8) is 0 Å². The van der Waals surface area contributed by atoms with Crippen LogP contribution < -0.4 is 0 Å². The summed E-state index contributed by atoms with van der Waals surface area (Å²) in [6, 6.07) is 0. The standard InChI is InChI=1S/C8H12O/c1-6-3-4-8(9)7(2)5-6/h3-4,6-7H,5H2,1-2H3/t6-,7+/m1/s1. The molecule has 0 amide bonds. The number of allylic oxidation sites excluding steroid dienone is 2. The van der Waals surface area contributed by atoms with E-state index in [-0.39, 0.29) is 11.7 Å². The van der Waals surface area contributed by atoms with Crippen molar-refractivity contribution in [2.24, 2.45) is 11.8 Å². The van der Waals surface area contributed by atoms with Crippen molar-refractivity contribution in [3.8, 4) is 0 Å². The summed E-state index contributed by atoms with van der Waals surface area (Å²) in [4.78, 5) is 10.9. The maximum atomic E-state index is 10.9. The number of rotatable bonds is 0. The van der Waals surface area contributed by atoms with Gasteiger partial charge in [-0.05, 0) is 18.4 Å². The predicted octanol–water partition coefficient (Wildman–Crippen LogP) is 1.79. The molecule has 1 nitrogen and oxygen atoms in total. The Bertz CT molecular complexity index is 147. The maximum absolute atomic E-state index is 10.9. The van der Waals surface area contributed by atoms with Gasteiger partial charge in [-0.3, -0.25) is 4.79 Å². The molecule has 1 heteroatoms. The van der Waals surface area contributed by atoms with Gasteiger partial charge in [0, 0.05) is 5.92 Å². The smallest absolute Gasteiger partial charge is 0.158 e. The van der Waals surface area contributed by atoms with E-state index in [1.54, 1.807) is 6.08 Å². The van der Waals surface area contributed by atoms with E-state index in [9.17, 15) is 4.79 Å². The van der Waals surface area contributed by atoms with Crippen LogP contribution in [-0.2, 0) is 4.79 Å². The van der Waals surface area contributed by atoms with Crippen LogP contribution in [-0.4, -0.2) is 5.78 Å². The number of ketones is 1. The molecule has 1 aliphatic carbocycles. The number of hydrogen-bond acceptors (Lipinski definition) is 1. The molecule has 1 aliphatic rings. The third-order valence-corrected chi connectivity index (χ3v) is 1.80. The van der Waals surface area contributed by atoms with Crippen LogP contribution in [0.4, 0.5) is 0 Å². The van der Waals surface area contributed by atoms with Gasteiger partial charge in [0.1, 0.15) is 0 Å². The second kappa shape index (κ2) is 2.34. The molecule has 0 unspecified atom stereocenters. The highest BCUT2D eigenvalue weighted by atomic mass is 16.1. The minimum atomic E-state index is 0.255. The number of hydrogen-bond donors (Lipinski definition) is 0. The third kappa shape index (κ3) is 1.41. The van der Waals surface area contributed by atoms with Crippen LogP contribution >= 0.6 is 0 Å². The van der Waals surface area contributed by atoms with E-state index in [0.717, 1.165) is 6.42 Å². The van der Waals surface area contributed by atoms with Crippen LogP contribution in [0.25, 0.3) is 0 Å². The summed E-state index contributed by atoms with van der Waals surface area (Å²) >= 11 is 0. The predicted molar refractivity (Wildman–Crippen MR) is 37.1 cm³/mol. The Balaban J connectivity index is 2.65. The van der Waals surface area contributed by atoms with E-state index in [4.69, 9.17) is 0 Å². The second-order valence-corrected chi connectivity index (χ2v) is 2.88. The Morgan fingerprint density at radius 1 is 1.56 bits per heavy atom. The van der Waals surface area contributed by atoms with E-state index >= 15 is 0 Å². The van der Waals surface area contributed by atoms with Crippen molar-refractivity contribution in [3.05, 3.63) is 12.2 Å². The lowest BCUT2D eigenvalue weighted by atomic mass is 9.88. The molecule has 0 fully saturated rings. The Hall–Kier alpha value is -0.590. The van der Waals surface area contributed by atoms with E-state index in [1.807, 2.05) is 13.0 Å². The normalized spacial score (nSPS) is 35.1. The highest BCUT2D eigenvalue weighted by Gasteiger charge is 2.16. The summed E-state index contributed by atoms with van der Waals surface area (Å²) in [5.41, 5.74) is 0. The van der Waals surface area contributed by atoms with Gasteiger partial charge in [0.2, 0.25) is 0 Å². The zero-order valence-corrected chi connectivity index (χ0v) is 5.92. The number of carbonyl (C=O) groups is 1. The number of carbonyl (C=O) groups excluding carboxylic acids is 1. The molecular weight excluding hydrogens is 112 g/mol. The summed E-state index contributed by atoms with van der Waals surface area (Å²) in [7, 11) is 0. The fourth-order valence-corrected chi connectivity index (χ4v) is 1.18. The molecule has 0 aromatic heterocycles. The van der Waals surface area contributed by atoms with Crippen molar-refractivity contribution < 1.29 is 4.79 Å². The van der Waals surface area contributed by atoms with Gasteiger partial charge in [0.15, 0.2) is 5.78 Å². The first kappa shape index (κ1) is 6.53. The van der Waals surface area contributed by atoms with Crippen LogP contribution in [0.3, 0.4) is 0 Å². The average molecular weight is 124 g/mol.